The van der Waals surface area contributed by atoms with E-state index in [1.807, 2.05) is 7.05 Å². The van der Waals surface area contributed by atoms with Crippen LogP contribution in [0.3, 0.4) is 0 Å². The zero-order valence-corrected chi connectivity index (χ0v) is 14.5. The highest BCUT2D eigenvalue weighted by Crippen LogP contribution is 2.26. The molecule has 0 saturated carbocycles. The van der Waals surface area contributed by atoms with Crippen LogP contribution in [-0.2, 0) is 11.8 Å². The third-order valence-electron chi connectivity index (χ3n) is 2.64. The third kappa shape index (κ3) is 3.39. The molecule has 0 aliphatic heterocycles. The molecule has 0 bridgehead atoms. The molecule has 0 aromatic carbocycles. The average Bonchev–Trinajstić information content (AvgIpc) is 3.19. The topological polar surface area (TPSA) is 85.8 Å². The molecule has 0 aliphatic carbocycles. The Bertz CT molecular complexity index is 783. The van der Waals surface area contributed by atoms with Crippen molar-refractivity contribution in [3.63, 3.8) is 0 Å². The van der Waals surface area contributed by atoms with Gasteiger partial charge in [-0.15, -0.1) is 21.5 Å². The maximum atomic E-state index is 11.8. The number of hydrogen-bond donors (Lipinski definition) is 1. The van der Waals surface area contributed by atoms with Gasteiger partial charge in [-0.2, -0.15) is 0 Å². The molecule has 114 valence electrons. The molecule has 3 aromatic heterocycles. The average molecular weight is 400 g/mol. The van der Waals surface area contributed by atoms with E-state index in [-0.39, 0.29) is 11.7 Å². The highest BCUT2D eigenvalue weighted by Gasteiger charge is 2.15. The van der Waals surface area contributed by atoms with E-state index in [1.54, 1.807) is 28.3 Å². The van der Waals surface area contributed by atoms with Crippen LogP contribution >= 0.6 is 39.0 Å². The summed E-state index contributed by atoms with van der Waals surface area (Å²) < 4.78 is 7.87. The second-order valence-electron chi connectivity index (χ2n) is 4.14. The normalized spacial score (nSPS) is 10.8. The Balaban J connectivity index is 1.64. The van der Waals surface area contributed by atoms with Crippen molar-refractivity contribution in [1.29, 1.82) is 0 Å². The number of carbonyl (C=O) groups is 1. The van der Waals surface area contributed by atoms with E-state index < -0.39 is 0 Å². The van der Waals surface area contributed by atoms with Gasteiger partial charge in [0, 0.05) is 18.6 Å². The first-order chi connectivity index (χ1) is 10.6. The monoisotopic (exact) mass is 399 g/mol. The summed E-state index contributed by atoms with van der Waals surface area (Å²) in [5.74, 6) is 1.31. The van der Waals surface area contributed by atoms with Crippen molar-refractivity contribution < 1.29 is 9.21 Å². The Hall–Kier alpha value is -1.65. The van der Waals surface area contributed by atoms with Gasteiger partial charge in [0.15, 0.2) is 26.5 Å². The number of thiazole rings is 1. The van der Waals surface area contributed by atoms with E-state index in [9.17, 15) is 4.79 Å². The second-order valence-corrected chi connectivity index (χ2v) is 6.76. The highest BCUT2D eigenvalue weighted by molar-refractivity contribution is 9.10. The lowest BCUT2D eigenvalue weighted by Gasteiger charge is -2.02. The Labute approximate surface area is 142 Å². The first-order valence-electron chi connectivity index (χ1n) is 6.10. The van der Waals surface area contributed by atoms with E-state index in [4.69, 9.17) is 4.42 Å². The summed E-state index contributed by atoms with van der Waals surface area (Å²) in [6, 6.07) is 3.59. The van der Waals surface area contributed by atoms with Crippen molar-refractivity contribution in [2.45, 2.75) is 5.16 Å². The van der Waals surface area contributed by atoms with Crippen LogP contribution in [0, 0.1) is 0 Å². The van der Waals surface area contributed by atoms with E-state index in [1.165, 1.54) is 23.1 Å². The van der Waals surface area contributed by atoms with Gasteiger partial charge >= 0.3 is 0 Å². The van der Waals surface area contributed by atoms with Crippen LogP contribution in [0.1, 0.15) is 0 Å². The molecule has 3 rings (SSSR count). The van der Waals surface area contributed by atoms with E-state index in [0.717, 1.165) is 0 Å². The molecule has 0 unspecified atom stereocenters. The van der Waals surface area contributed by atoms with Crippen LogP contribution < -0.4 is 5.32 Å². The number of nitrogens with one attached hydrogen (secondary N) is 1. The van der Waals surface area contributed by atoms with Crippen LogP contribution in [0.4, 0.5) is 5.13 Å². The zero-order chi connectivity index (χ0) is 15.5. The fourth-order valence-electron chi connectivity index (χ4n) is 1.66. The molecule has 3 aromatic rings. The summed E-state index contributed by atoms with van der Waals surface area (Å²) in [4.78, 5) is 15.8. The first kappa shape index (κ1) is 15.3. The van der Waals surface area contributed by atoms with Crippen LogP contribution in [0.2, 0.25) is 0 Å². The SMILES string of the molecule is Cn1c(SCC(=O)Nc2nccs2)nnc1-c1ccc(Br)o1. The number of nitrogens with zero attached hydrogens (tertiary/aromatic N) is 4. The smallest absolute Gasteiger partial charge is 0.236 e. The first-order valence-corrected chi connectivity index (χ1v) is 8.76. The molecule has 7 nitrogen and oxygen atoms in total. The van der Waals surface area contributed by atoms with Crippen molar-refractivity contribution in [2.75, 3.05) is 11.1 Å². The van der Waals surface area contributed by atoms with Gasteiger partial charge in [0.1, 0.15) is 0 Å². The lowest BCUT2D eigenvalue weighted by molar-refractivity contribution is -0.113. The zero-order valence-electron chi connectivity index (χ0n) is 11.3. The minimum atomic E-state index is -0.134. The minimum absolute atomic E-state index is 0.134. The standard InChI is InChI=1S/C12H10BrN5O2S2/c1-18-10(7-2-3-8(13)20-7)16-17-12(18)22-6-9(19)15-11-14-4-5-21-11/h2-5H,6H2,1H3,(H,14,15,19). The fourth-order valence-corrected chi connectivity index (χ4v) is 3.22. The predicted octanol–water partition coefficient (Wildman–Crippen LogP) is 3.02. The molecular formula is C12H10BrN5O2S2. The summed E-state index contributed by atoms with van der Waals surface area (Å²) in [7, 11) is 1.83. The van der Waals surface area contributed by atoms with Gasteiger partial charge in [-0.3, -0.25) is 4.79 Å². The Morgan fingerprint density at radius 2 is 2.36 bits per heavy atom. The molecule has 0 aliphatic rings. The van der Waals surface area contributed by atoms with Gasteiger partial charge in [0.2, 0.25) is 5.91 Å². The van der Waals surface area contributed by atoms with Crippen molar-refractivity contribution in [3.8, 4) is 11.6 Å². The number of amides is 1. The Morgan fingerprint density at radius 3 is 3.05 bits per heavy atom. The van der Waals surface area contributed by atoms with Gasteiger partial charge in [-0.25, -0.2) is 4.98 Å². The molecule has 1 amide bonds. The predicted molar refractivity (Wildman–Crippen MR) is 87.9 cm³/mol. The molecule has 0 spiro atoms. The van der Waals surface area contributed by atoms with Crippen LogP contribution in [0.15, 0.2) is 38.0 Å². The van der Waals surface area contributed by atoms with Crippen molar-refractivity contribution >= 4 is 50.1 Å². The second kappa shape index (κ2) is 6.63. The molecule has 0 atom stereocenters. The molecular weight excluding hydrogens is 390 g/mol. The number of hydrogen-bond acceptors (Lipinski definition) is 7. The molecule has 0 saturated heterocycles. The van der Waals surface area contributed by atoms with Crippen LogP contribution in [0.25, 0.3) is 11.6 Å². The number of thioether (sulfide) groups is 1. The maximum absolute atomic E-state index is 11.8. The van der Waals surface area contributed by atoms with E-state index in [0.29, 0.717) is 26.5 Å². The van der Waals surface area contributed by atoms with Gasteiger partial charge in [-0.1, -0.05) is 11.8 Å². The largest absolute Gasteiger partial charge is 0.446 e. The van der Waals surface area contributed by atoms with Gasteiger partial charge in [0.25, 0.3) is 0 Å². The number of halogens is 1. The number of rotatable bonds is 5. The van der Waals surface area contributed by atoms with Crippen molar-refractivity contribution in [1.82, 2.24) is 19.7 Å². The molecule has 0 fully saturated rings. The van der Waals surface area contributed by atoms with Crippen LogP contribution in [0.5, 0.6) is 0 Å². The molecule has 10 heteroatoms. The molecule has 22 heavy (non-hydrogen) atoms. The van der Waals surface area contributed by atoms with Crippen molar-refractivity contribution in [2.24, 2.45) is 7.05 Å². The summed E-state index contributed by atoms with van der Waals surface area (Å²) in [6.07, 6.45) is 1.64. The van der Waals surface area contributed by atoms with Crippen molar-refractivity contribution in [3.05, 3.63) is 28.4 Å². The summed E-state index contributed by atoms with van der Waals surface area (Å²) >= 11 is 5.93. The quantitative estimate of drug-likeness (QED) is 0.663. The Kier molecular flexibility index (Phi) is 4.60. The molecule has 1 N–H and O–H groups in total. The van der Waals surface area contributed by atoms with Gasteiger partial charge in [-0.05, 0) is 28.1 Å². The summed E-state index contributed by atoms with van der Waals surface area (Å²) in [6.45, 7) is 0. The number of aromatic nitrogens is 4. The third-order valence-corrected chi connectivity index (χ3v) is 4.77. The van der Waals surface area contributed by atoms with E-state index >= 15 is 0 Å². The van der Waals surface area contributed by atoms with Gasteiger partial charge in [0.05, 0.1) is 5.75 Å². The number of carbonyl (C=O) groups excluding carboxylic acids is 1. The summed E-state index contributed by atoms with van der Waals surface area (Å²) in [5.41, 5.74) is 0. The van der Waals surface area contributed by atoms with E-state index in [2.05, 4.69) is 36.4 Å². The highest BCUT2D eigenvalue weighted by atomic mass is 79.9. The minimum Gasteiger partial charge on any atom is -0.446 e. The maximum Gasteiger partial charge on any atom is 0.236 e. The number of anilines is 1. The van der Waals surface area contributed by atoms with Crippen LogP contribution in [-0.4, -0.2) is 31.4 Å². The number of furan rings is 1. The van der Waals surface area contributed by atoms with Gasteiger partial charge < -0.3 is 14.3 Å². The molecule has 0 radical (unpaired) electrons. The lowest BCUT2D eigenvalue weighted by Crippen LogP contribution is -2.14. The lowest BCUT2D eigenvalue weighted by atomic mass is 10.4. The Morgan fingerprint density at radius 1 is 1.50 bits per heavy atom. The molecule has 3 heterocycles. The fraction of sp³-hybridized carbons (Fsp3) is 0.167. The summed E-state index contributed by atoms with van der Waals surface area (Å²) in [5, 5.41) is 13.9.